The summed E-state index contributed by atoms with van der Waals surface area (Å²) in [6, 6.07) is -0.218. The number of nitrogens with zero attached hydrogens (tertiary/aromatic N) is 2. The Balaban J connectivity index is 1.87. The van der Waals surface area contributed by atoms with Crippen LogP contribution in [0.25, 0.3) is 0 Å². The summed E-state index contributed by atoms with van der Waals surface area (Å²) in [6.45, 7) is 3.99. The van der Waals surface area contributed by atoms with Crippen molar-refractivity contribution in [3.63, 3.8) is 0 Å². The molecule has 3 unspecified atom stereocenters. The second-order valence-electron chi connectivity index (χ2n) is 5.54. The lowest BCUT2D eigenvalue weighted by molar-refractivity contribution is -0.143. The van der Waals surface area contributed by atoms with Crippen molar-refractivity contribution in [1.29, 1.82) is 0 Å². The molecule has 1 saturated heterocycles. The van der Waals surface area contributed by atoms with Gasteiger partial charge < -0.3 is 0 Å². The molecule has 2 fully saturated rings. The second kappa shape index (κ2) is 3.93. The topological polar surface area (TPSA) is 66.1 Å². The molecular formula is C13H17N3O2. The van der Waals surface area contributed by atoms with Gasteiger partial charge in [0, 0.05) is 11.8 Å². The first-order chi connectivity index (χ1) is 8.59. The summed E-state index contributed by atoms with van der Waals surface area (Å²) in [5, 5.41) is 6.60. The molecule has 1 aromatic rings. The molecule has 1 aliphatic carbocycles. The SMILES string of the molecule is CC1CC2C(=O)N(C(C)c3cn[nH]c3)C(=O)C2C1. The zero-order chi connectivity index (χ0) is 12.9. The van der Waals surface area contributed by atoms with Crippen molar-refractivity contribution in [1.82, 2.24) is 15.1 Å². The molecule has 1 aliphatic heterocycles. The number of H-pyrrole nitrogens is 1. The predicted octanol–water partition coefficient (Wildman–Crippen LogP) is 1.50. The lowest BCUT2D eigenvalue weighted by Gasteiger charge is -2.23. The summed E-state index contributed by atoms with van der Waals surface area (Å²) >= 11 is 0. The minimum absolute atomic E-state index is 0.00282. The van der Waals surface area contributed by atoms with Gasteiger partial charge in [-0.2, -0.15) is 5.10 Å². The normalized spacial score (nSPS) is 33.0. The molecule has 18 heavy (non-hydrogen) atoms. The van der Waals surface area contributed by atoms with Crippen LogP contribution in [0.1, 0.15) is 38.3 Å². The molecule has 96 valence electrons. The summed E-state index contributed by atoms with van der Waals surface area (Å²) in [4.78, 5) is 26.1. The number of imide groups is 1. The largest absolute Gasteiger partial charge is 0.285 e. The van der Waals surface area contributed by atoms with Crippen molar-refractivity contribution >= 4 is 11.8 Å². The number of rotatable bonds is 2. The van der Waals surface area contributed by atoms with E-state index in [1.165, 1.54) is 4.90 Å². The van der Waals surface area contributed by atoms with Crippen LogP contribution in [-0.2, 0) is 9.59 Å². The Morgan fingerprint density at radius 3 is 2.44 bits per heavy atom. The zero-order valence-electron chi connectivity index (χ0n) is 10.6. The molecule has 5 nitrogen and oxygen atoms in total. The van der Waals surface area contributed by atoms with Gasteiger partial charge >= 0.3 is 0 Å². The number of hydrogen-bond acceptors (Lipinski definition) is 3. The highest BCUT2D eigenvalue weighted by molar-refractivity contribution is 6.05. The Bertz CT molecular complexity index is 458. The van der Waals surface area contributed by atoms with Gasteiger partial charge in [0.2, 0.25) is 11.8 Å². The third-order valence-corrected chi connectivity index (χ3v) is 4.30. The van der Waals surface area contributed by atoms with E-state index in [1.54, 1.807) is 12.4 Å². The Hall–Kier alpha value is -1.65. The maximum absolute atomic E-state index is 12.4. The van der Waals surface area contributed by atoms with Gasteiger partial charge in [0.1, 0.15) is 0 Å². The molecule has 0 aromatic carbocycles. The van der Waals surface area contributed by atoms with Gasteiger partial charge in [0.25, 0.3) is 0 Å². The van der Waals surface area contributed by atoms with Crippen LogP contribution in [-0.4, -0.2) is 26.9 Å². The summed E-state index contributed by atoms with van der Waals surface area (Å²) in [5.74, 6) is 0.328. The lowest BCUT2D eigenvalue weighted by Crippen LogP contribution is -2.34. The van der Waals surface area contributed by atoms with Crippen molar-refractivity contribution in [2.45, 2.75) is 32.7 Å². The molecule has 1 aromatic heterocycles. The van der Waals surface area contributed by atoms with E-state index in [4.69, 9.17) is 0 Å². The van der Waals surface area contributed by atoms with E-state index >= 15 is 0 Å². The fourth-order valence-corrected chi connectivity index (χ4v) is 3.32. The van der Waals surface area contributed by atoms with Crippen LogP contribution in [0, 0.1) is 17.8 Å². The van der Waals surface area contributed by atoms with Crippen LogP contribution in [0.3, 0.4) is 0 Å². The van der Waals surface area contributed by atoms with Gasteiger partial charge in [-0.1, -0.05) is 6.92 Å². The summed E-state index contributed by atoms with van der Waals surface area (Å²) < 4.78 is 0. The first kappa shape index (κ1) is 11.4. The van der Waals surface area contributed by atoms with Gasteiger partial charge in [0.05, 0.1) is 24.1 Å². The third-order valence-electron chi connectivity index (χ3n) is 4.30. The van der Waals surface area contributed by atoms with Gasteiger partial charge in [-0.25, -0.2) is 0 Å². The molecule has 2 heterocycles. The smallest absolute Gasteiger partial charge is 0.233 e. The Morgan fingerprint density at radius 1 is 1.33 bits per heavy atom. The van der Waals surface area contributed by atoms with Crippen LogP contribution < -0.4 is 0 Å². The van der Waals surface area contributed by atoms with Crippen LogP contribution in [0.2, 0.25) is 0 Å². The van der Waals surface area contributed by atoms with E-state index in [0.717, 1.165) is 18.4 Å². The first-order valence-corrected chi connectivity index (χ1v) is 6.45. The number of amides is 2. The minimum Gasteiger partial charge on any atom is -0.285 e. The number of carbonyl (C=O) groups excluding carboxylic acids is 2. The van der Waals surface area contributed by atoms with E-state index in [-0.39, 0.29) is 29.7 Å². The van der Waals surface area contributed by atoms with Gasteiger partial charge in [-0.05, 0) is 25.7 Å². The van der Waals surface area contributed by atoms with Gasteiger partial charge in [0.15, 0.2) is 0 Å². The second-order valence-corrected chi connectivity index (χ2v) is 5.54. The van der Waals surface area contributed by atoms with E-state index < -0.39 is 0 Å². The van der Waals surface area contributed by atoms with Gasteiger partial charge in [-0.3, -0.25) is 19.6 Å². The monoisotopic (exact) mass is 247 g/mol. The van der Waals surface area contributed by atoms with Crippen molar-refractivity contribution in [2.75, 3.05) is 0 Å². The van der Waals surface area contributed by atoms with Crippen LogP contribution in [0.4, 0.5) is 0 Å². The van der Waals surface area contributed by atoms with E-state index in [9.17, 15) is 9.59 Å². The lowest BCUT2D eigenvalue weighted by atomic mass is 10.00. The Morgan fingerprint density at radius 2 is 1.94 bits per heavy atom. The highest BCUT2D eigenvalue weighted by Gasteiger charge is 2.53. The third kappa shape index (κ3) is 1.50. The van der Waals surface area contributed by atoms with Gasteiger partial charge in [-0.15, -0.1) is 0 Å². The summed E-state index contributed by atoms with van der Waals surface area (Å²) in [7, 11) is 0. The van der Waals surface area contributed by atoms with Crippen LogP contribution in [0.15, 0.2) is 12.4 Å². The number of hydrogen-bond donors (Lipinski definition) is 1. The average Bonchev–Trinajstić information content (AvgIpc) is 3.00. The molecule has 1 saturated carbocycles. The van der Waals surface area contributed by atoms with E-state index in [2.05, 4.69) is 17.1 Å². The number of aromatic nitrogens is 2. The maximum atomic E-state index is 12.4. The first-order valence-electron chi connectivity index (χ1n) is 6.45. The quantitative estimate of drug-likeness (QED) is 0.805. The Labute approximate surface area is 106 Å². The average molecular weight is 247 g/mol. The Kier molecular flexibility index (Phi) is 2.50. The molecule has 3 atom stereocenters. The molecule has 5 heteroatoms. The molecule has 1 N–H and O–H groups in total. The standard InChI is InChI=1S/C13H17N3O2/c1-7-3-10-11(4-7)13(18)16(12(10)17)8(2)9-5-14-15-6-9/h5-8,10-11H,3-4H2,1-2H3,(H,14,15). The summed E-state index contributed by atoms with van der Waals surface area (Å²) in [6.07, 6.45) is 5.11. The fourth-order valence-electron chi connectivity index (χ4n) is 3.32. The van der Waals surface area contributed by atoms with Crippen LogP contribution >= 0.6 is 0 Å². The van der Waals surface area contributed by atoms with E-state index in [0.29, 0.717) is 5.92 Å². The van der Waals surface area contributed by atoms with Crippen molar-refractivity contribution < 1.29 is 9.59 Å². The van der Waals surface area contributed by atoms with Crippen molar-refractivity contribution in [3.8, 4) is 0 Å². The molecule has 0 spiro atoms. The minimum atomic E-state index is -0.218. The van der Waals surface area contributed by atoms with E-state index in [1.807, 2.05) is 6.92 Å². The number of nitrogens with one attached hydrogen (secondary N) is 1. The molecular weight excluding hydrogens is 230 g/mol. The number of carbonyl (C=O) groups is 2. The van der Waals surface area contributed by atoms with Crippen LogP contribution in [0.5, 0.6) is 0 Å². The highest BCUT2D eigenvalue weighted by Crippen LogP contribution is 2.45. The van der Waals surface area contributed by atoms with Crippen molar-refractivity contribution in [2.24, 2.45) is 17.8 Å². The predicted molar refractivity (Wildman–Crippen MR) is 64.2 cm³/mol. The number of aromatic amines is 1. The maximum Gasteiger partial charge on any atom is 0.233 e. The zero-order valence-corrected chi connectivity index (χ0v) is 10.6. The number of fused-ring (bicyclic) bond motifs is 1. The molecule has 2 amide bonds. The highest BCUT2D eigenvalue weighted by atomic mass is 16.2. The molecule has 3 rings (SSSR count). The summed E-state index contributed by atoms with van der Waals surface area (Å²) in [5.41, 5.74) is 0.879. The molecule has 2 aliphatic rings. The van der Waals surface area contributed by atoms with Crippen molar-refractivity contribution in [3.05, 3.63) is 18.0 Å². The molecule has 0 radical (unpaired) electrons. The number of likely N-dealkylation sites (tertiary alicyclic amines) is 1. The molecule has 0 bridgehead atoms. The fraction of sp³-hybridized carbons (Fsp3) is 0.615.